The number of aliphatic carboxylic acids is 1. The second-order valence-corrected chi connectivity index (χ2v) is 4.37. The molecule has 106 valence electrons. The second kappa shape index (κ2) is 6.40. The number of hydrogen-bond donors (Lipinski definition) is 3. The summed E-state index contributed by atoms with van der Waals surface area (Å²) in [7, 11) is 3.10. The monoisotopic (exact) mass is 269 g/mol. The van der Waals surface area contributed by atoms with Crippen LogP contribution in [0.25, 0.3) is 0 Å². The quantitative estimate of drug-likeness (QED) is 0.673. The lowest BCUT2D eigenvalue weighted by Gasteiger charge is -2.18. The first-order chi connectivity index (χ1) is 8.90. The molecule has 1 aromatic carbocycles. The topological polar surface area (TPSA) is 88.0 Å². The minimum Gasteiger partial charge on any atom is -0.493 e. The van der Waals surface area contributed by atoms with Gasteiger partial charge in [0.15, 0.2) is 17.1 Å². The maximum Gasteiger partial charge on any atom is 0.336 e. The molecule has 0 saturated heterocycles. The molecule has 0 fully saturated rings. The predicted octanol–water partition coefficient (Wildman–Crippen LogP) is 0.629. The van der Waals surface area contributed by atoms with Crippen molar-refractivity contribution in [3.63, 3.8) is 0 Å². The molecule has 0 radical (unpaired) electrons. The van der Waals surface area contributed by atoms with E-state index in [0.717, 1.165) is 5.56 Å². The van der Waals surface area contributed by atoms with E-state index in [1.807, 2.05) is 6.07 Å². The number of rotatable bonds is 7. The van der Waals surface area contributed by atoms with Gasteiger partial charge in [-0.1, -0.05) is 6.07 Å². The van der Waals surface area contributed by atoms with Crippen molar-refractivity contribution in [3.8, 4) is 11.5 Å². The standard InChI is InChI=1S/C13H19NO5/c1-13(17,12(15)16)8-14-7-9-4-5-10(18-2)11(6-9)19-3/h4-6,14,17H,7-8H2,1-3H3,(H,15,16). The zero-order valence-electron chi connectivity index (χ0n) is 11.3. The fraction of sp³-hybridized carbons (Fsp3) is 0.462. The highest BCUT2D eigenvalue weighted by molar-refractivity contribution is 5.76. The number of hydrogen-bond acceptors (Lipinski definition) is 5. The van der Waals surface area contributed by atoms with E-state index >= 15 is 0 Å². The fourth-order valence-electron chi connectivity index (χ4n) is 1.52. The normalized spacial score (nSPS) is 13.7. The minimum atomic E-state index is -1.78. The molecule has 1 atom stereocenters. The van der Waals surface area contributed by atoms with Crippen molar-refractivity contribution in [2.45, 2.75) is 19.1 Å². The van der Waals surface area contributed by atoms with Gasteiger partial charge in [0.1, 0.15) is 0 Å². The van der Waals surface area contributed by atoms with Gasteiger partial charge in [0.05, 0.1) is 14.2 Å². The lowest BCUT2D eigenvalue weighted by Crippen LogP contribution is -2.44. The van der Waals surface area contributed by atoms with Gasteiger partial charge in [-0.2, -0.15) is 0 Å². The van der Waals surface area contributed by atoms with Crippen molar-refractivity contribution in [2.24, 2.45) is 0 Å². The number of ether oxygens (including phenoxy) is 2. The number of benzene rings is 1. The van der Waals surface area contributed by atoms with Crippen LogP contribution in [0.3, 0.4) is 0 Å². The van der Waals surface area contributed by atoms with Gasteiger partial charge in [-0.3, -0.25) is 0 Å². The maximum atomic E-state index is 10.7. The minimum absolute atomic E-state index is 0.0450. The van der Waals surface area contributed by atoms with E-state index in [-0.39, 0.29) is 6.54 Å². The Morgan fingerprint density at radius 1 is 1.32 bits per heavy atom. The summed E-state index contributed by atoms with van der Waals surface area (Å²) in [6.07, 6.45) is 0. The van der Waals surface area contributed by atoms with Crippen molar-refractivity contribution in [2.75, 3.05) is 20.8 Å². The summed E-state index contributed by atoms with van der Waals surface area (Å²) in [6.45, 7) is 1.62. The summed E-state index contributed by atoms with van der Waals surface area (Å²) >= 11 is 0. The SMILES string of the molecule is COc1ccc(CNCC(C)(O)C(=O)O)cc1OC. The molecule has 6 heteroatoms. The van der Waals surface area contributed by atoms with Gasteiger partial charge >= 0.3 is 5.97 Å². The highest BCUT2D eigenvalue weighted by Crippen LogP contribution is 2.27. The van der Waals surface area contributed by atoms with Crippen LogP contribution < -0.4 is 14.8 Å². The Labute approximate surface area is 112 Å². The van der Waals surface area contributed by atoms with E-state index in [4.69, 9.17) is 14.6 Å². The molecule has 0 heterocycles. The van der Waals surface area contributed by atoms with E-state index in [2.05, 4.69) is 5.32 Å². The summed E-state index contributed by atoms with van der Waals surface area (Å²) in [5, 5.41) is 21.2. The van der Waals surface area contributed by atoms with E-state index in [1.165, 1.54) is 6.92 Å². The summed E-state index contributed by atoms with van der Waals surface area (Å²) in [5.41, 5.74) is -0.879. The Morgan fingerprint density at radius 3 is 2.47 bits per heavy atom. The highest BCUT2D eigenvalue weighted by Gasteiger charge is 2.29. The molecule has 19 heavy (non-hydrogen) atoms. The Morgan fingerprint density at radius 2 is 1.95 bits per heavy atom. The molecule has 3 N–H and O–H groups in total. The smallest absolute Gasteiger partial charge is 0.336 e. The molecular formula is C13H19NO5. The lowest BCUT2D eigenvalue weighted by atomic mass is 10.1. The Bertz CT molecular complexity index is 445. The number of carbonyl (C=O) groups is 1. The van der Waals surface area contributed by atoms with Gasteiger partial charge in [-0.05, 0) is 24.6 Å². The molecular weight excluding hydrogens is 250 g/mol. The van der Waals surface area contributed by atoms with E-state index < -0.39 is 11.6 Å². The molecule has 1 unspecified atom stereocenters. The number of aliphatic hydroxyl groups is 1. The third-order valence-corrected chi connectivity index (χ3v) is 2.71. The molecule has 1 aromatic rings. The molecule has 1 rings (SSSR count). The largest absolute Gasteiger partial charge is 0.493 e. The van der Waals surface area contributed by atoms with Gasteiger partial charge in [0, 0.05) is 13.1 Å². The van der Waals surface area contributed by atoms with E-state index in [1.54, 1.807) is 26.4 Å². The van der Waals surface area contributed by atoms with Crippen LogP contribution >= 0.6 is 0 Å². The third kappa shape index (κ3) is 4.11. The van der Waals surface area contributed by atoms with Gasteiger partial charge in [-0.15, -0.1) is 0 Å². The van der Waals surface area contributed by atoms with E-state index in [0.29, 0.717) is 18.0 Å². The summed E-state index contributed by atoms with van der Waals surface area (Å²) < 4.78 is 10.3. The number of nitrogens with one attached hydrogen (secondary N) is 1. The molecule has 0 aliphatic carbocycles. The predicted molar refractivity (Wildman–Crippen MR) is 69.5 cm³/mol. The number of carboxylic acids is 1. The molecule has 6 nitrogen and oxygen atoms in total. The van der Waals surface area contributed by atoms with Gasteiger partial charge in [-0.25, -0.2) is 4.79 Å². The first kappa shape index (κ1) is 15.3. The van der Waals surface area contributed by atoms with Gasteiger partial charge in [0.25, 0.3) is 0 Å². The van der Waals surface area contributed by atoms with Crippen molar-refractivity contribution in [3.05, 3.63) is 23.8 Å². The molecule has 0 amide bonds. The van der Waals surface area contributed by atoms with Crippen LogP contribution in [0.5, 0.6) is 11.5 Å². The van der Waals surface area contributed by atoms with Crippen LogP contribution in [0.2, 0.25) is 0 Å². The average molecular weight is 269 g/mol. The van der Waals surface area contributed by atoms with Crippen molar-refractivity contribution >= 4 is 5.97 Å². The molecule has 0 aliphatic rings. The molecule has 0 saturated carbocycles. The zero-order valence-corrected chi connectivity index (χ0v) is 11.3. The van der Waals surface area contributed by atoms with Crippen molar-refractivity contribution in [1.82, 2.24) is 5.32 Å². The zero-order chi connectivity index (χ0) is 14.5. The van der Waals surface area contributed by atoms with Gasteiger partial charge < -0.3 is 25.0 Å². The first-order valence-corrected chi connectivity index (χ1v) is 5.78. The van der Waals surface area contributed by atoms with Crippen molar-refractivity contribution in [1.29, 1.82) is 0 Å². The van der Waals surface area contributed by atoms with Gasteiger partial charge in [0.2, 0.25) is 0 Å². The highest BCUT2D eigenvalue weighted by atomic mass is 16.5. The van der Waals surface area contributed by atoms with Crippen LogP contribution in [-0.2, 0) is 11.3 Å². The molecule has 0 spiro atoms. The summed E-state index contributed by atoms with van der Waals surface area (Å²) in [5.74, 6) is -0.0251. The van der Waals surface area contributed by atoms with Crippen LogP contribution in [-0.4, -0.2) is 42.5 Å². The molecule has 0 aromatic heterocycles. The van der Waals surface area contributed by atoms with Crippen LogP contribution in [0.15, 0.2) is 18.2 Å². The summed E-state index contributed by atoms with van der Waals surface area (Å²) in [4.78, 5) is 10.7. The van der Waals surface area contributed by atoms with Crippen LogP contribution in [0.1, 0.15) is 12.5 Å². The molecule has 0 aliphatic heterocycles. The lowest BCUT2D eigenvalue weighted by molar-refractivity contribution is -0.156. The number of carboxylic acid groups (broad SMARTS) is 1. The summed E-state index contributed by atoms with van der Waals surface area (Å²) in [6, 6.07) is 5.40. The second-order valence-electron chi connectivity index (χ2n) is 4.37. The fourth-order valence-corrected chi connectivity index (χ4v) is 1.52. The Hall–Kier alpha value is -1.79. The van der Waals surface area contributed by atoms with E-state index in [9.17, 15) is 9.90 Å². The Balaban J connectivity index is 2.61. The molecule has 0 bridgehead atoms. The Kier molecular flexibility index (Phi) is 5.14. The maximum absolute atomic E-state index is 10.7. The van der Waals surface area contributed by atoms with Crippen molar-refractivity contribution < 1.29 is 24.5 Å². The average Bonchev–Trinajstić information content (AvgIpc) is 2.38. The number of methoxy groups -OCH3 is 2. The van der Waals surface area contributed by atoms with Crippen LogP contribution in [0, 0.1) is 0 Å². The first-order valence-electron chi connectivity index (χ1n) is 5.78. The third-order valence-electron chi connectivity index (χ3n) is 2.71. The van der Waals surface area contributed by atoms with Crippen LogP contribution in [0.4, 0.5) is 0 Å².